The summed E-state index contributed by atoms with van der Waals surface area (Å²) in [5.74, 6) is 1.35. The summed E-state index contributed by atoms with van der Waals surface area (Å²) in [5, 5.41) is 26.9. The molecule has 2 aromatic heterocycles. The maximum Gasteiger partial charge on any atom is 0.233 e. The van der Waals surface area contributed by atoms with E-state index in [0.717, 1.165) is 17.0 Å². The van der Waals surface area contributed by atoms with E-state index in [9.17, 15) is 4.79 Å². The van der Waals surface area contributed by atoms with Gasteiger partial charge in [0.15, 0.2) is 11.0 Å². The van der Waals surface area contributed by atoms with Gasteiger partial charge in [-0.25, -0.2) is 0 Å². The van der Waals surface area contributed by atoms with E-state index in [1.165, 1.54) is 11.8 Å². The topological polar surface area (TPSA) is 112 Å². The summed E-state index contributed by atoms with van der Waals surface area (Å²) in [6.07, 6.45) is 2.06. The minimum absolute atomic E-state index is 0.131. The van der Waals surface area contributed by atoms with Crippen LogP contribution in [0.3, 0.4) is 0 Å². The average Bonchev–Trinajstić information content (AvgIpc) is 3.38. The highest BCUT2D eigenvalue weighted by atomic mass is 32.2. The molecule has 152 valence electrons. The quantitative estimate of drug-likeness (QED) is 0.486. The Kier molecular flexibility index (Phi) is 7.25. The molecule has 30 heavy (non-hydrogen) atoms. The van der Waals surface area contributed by atoms with Gasteiger partial charge in [0.05, 0.1) is 42.6 Å². The molecule has 8 nitrogen and oxygen atoms in total. The molecule has 0 spiro atoms. The fraction of sp³-hybridized carbons (Fsp3) is 0.286. The van der Waals surface area contributed by atoms with Gasteiger partial charge in [0.2, 0.25) is 5.91 Å². The van der Waals surface area contributed by atoms with E-state index in [2.05, 4.69) is 10.2 Å². The van der Waals surface area contributed by atoms with Crippen LogP contribution in [0.25, 0.3) is 17.1 Å². The summed E-state index contributed by atoms with van der Waals surface area (Å²) in [7, 11) is 0. The number of amides is 1. The molecular weight excluding hydrogens is 400 g/mol. The van der Waals surface area contributed by atoms with Crippen molar-refractivity contribution >= 4 is 17.7 Å². The van der Waals surface area contributed by atoms with E-state index in [4.69, 9.17) is 14.9 Å². The van der Waals surface area contributed by atoms with E-state index >= 15 is 0 Å². The minimum Gasteiger partial charge on any atom is -0.469 e. The first-order valence-corrected chi connectivity index (χ1v) is 10.3. The Hall–Kier alpha value is -3.56. The lowest BCUT2D eigenvalue weighted by atomic mass is 10.2. The van der Waals surface area contributed by atoms with Crippen molar-refractivity contribution < 1.29 is 9.21 Å². The van der Waals surface area contributed by atoms with E-state index in [0.29, 0.717) is 24.1 Å². The molecule has 2 heterocycles. The van der Waals surface area contributed by atoms with Crippen LogP contribution in [0.15, 0.2) is 52.2 Å². The van der Waals surface area contributed by atoms with Crippen LogP contribution in [-0.2, 0) is 4.79 Å². The molecule has 9 heteroatoms. The first-order chi connectivity index (χ1) is 14.7. The highest BCUT2D eigenvalue weighted by molar-refractivity contribution is 7.99. The summed E-state index contributed by atoms with van der Waals surface area (Å²) in [4.78, 5) is 14.2. The van der Waals surface area contributed by atoms with E-state index < -0.39 is 0 Å². The Morgan fingerprint density at radius 1 is 1.13 bits per heavy atom. The summed E-state index contributed by atoms with van der Waals surface area (Å²) in [5.41, 5.74) is 1.70. The zero-order chi connectivity index (χ0) is 21.3. The van der Waals surface area contributed by atoms with Crippen LogP contribution in [-0.4, -0.2) is 44.4 Å². The van der Waals surface area contributed by atoms with Gasteiger partial charge < -0.3 is 9.32 Å². The van der Waals surface area contributed by atoms with Crippen molar-refractivity contribution in [3.8, 4) is 29.2 Å². The molecule has 1 amide bonds. The number of aromatic nitrogens is 3. The number of para-hydroxylation sites is 1. The third-order valence-corrected chi connectivity index (χ3v) is 5.33. The number of benzene rings is 1. The molecule has 0 saturated heterocycles. The van der Waals surface area contributed by atoms with Crippen LogP contribution >= 0.6 is 11.8 Å². The maximum absolute atomic E-state index is 12.7. The van der Waals surface area contributed by atoms with Crippen molar-refractivity contribution in [1.82, 2.24) is 19.7 Å². The number of carbonyl (C=O) groups is 1. The number of hydrogen-bond donors (Lipinski definition) is 0. The third-order valence-electron chi connectivity index (χ3n) is 4.41. The van der Waals surface area contributed by atoms with Crippen molar-refractivity contribution in [2.45, 2.75) is 24.9 Å². The molecule has 0 aliphatic heterocycles. The van der Waals surface area contributed by atoms with Crippen LogP contribution in [0.4, 0.5) is 0 Å². The summed E-state index contributed by atoms with van der Waals surface area (Å²) >= 11 is 1.27. The van der Waals surface area contributed by atoms with E-state index in [-0.39, 0.29) is 24.5 Å². The lowest BCUT2D eigenvalue weighted by Crippen LogP contribution is -2.34. The molecule has 0 fully saturated rings. The minimum atomic E-state index is -0.144. The summed E-state index contributed by atoms with van der Waals surface area (Å²) in [6, 6.07) is 15.6. The maximum atomic E-state index is 12.7. The number of carbonyl (C=O) groups excluding carboxylic acids is 1. The molecule has 0 saturated carbocycles. The molecule has 0 bridgehead atoms. The van der Waals surface area contributed by atoms with Crippen molar-refractivity contribution in [2.24, 2.45) is 0 Å². The lowest BCUT2D eigenvalue weighted by molar-refractivity contribution is -0.128. The first-order valence-electron chi connectivity index (χ1n) is 9.35. The van der Waals surface area contributed by atoms with Crippen LogP contribution in [0.2, 0.25) is 0 Å². The third kappa shape index (κ3) is 4.88. The van der Waals surface area contributed by atoms with Crippen LogP contribution in [0.1, 0.15) is 18.6 Å². The van der Waals surface area contributed by atoms with Crippen LogP contribution < -0.4 is 0 Å². The number of nitriles is 2. The average molecular weight is 420 g/mol. The SMILES string of the molecule is Cc1occc1-c1nnc(SCC(=O)N(CCC#N)CCC#N)n1-c1ccccc1. The van der Waals surface area contributed by atoms with Gasteiger partial charge in [0.25, 0.3) is 0 Å². The fourth-order valence-corrected chi connectivity index (χ4v) is 3.77. The lowest BCUT2D eigenvalue weighted by Gasteiger charge is -2.20. The summed E-state index contributed by atoms with van der Waals surface area (Å²) in [6.45, 7) is 2.47. The zero-order valence-corrected chi connectivity index (χ0v) is 17.3. The van der Waals surface area contributed by atoms with Crippen molar-refractivity contribution in [1.29, 1.82) is 10.5 Å². The van der Waals surface area contributed by atoms with Crippen molar-refractivity contribution in [3.05, 3.63) is 48.4 Å². The fourth-order valence-electron chi connectivity index (χ4n) is 2.91. The van der Waals surface area contributed by atoms with Gasteiger partial charge in [-0.05, 0) is 25.1 Å². The predicted octanol–water partition coefficient (Wildman–Crippen LogP) is 3.58. The molecule has 0 unspecified atom stereocenters. The van der Waals surface area contributed by atoms with Crippen LogP contribution in [0.5, 0.6) is 0 Å². The smallest absolute Gasteiger partial charge is 0.233 e. The van der Waals surface area contributed by atoms with Crippen molar-refractivity contribution in [2.75, 3.05) is 18.8 Å². The van der Waals surface area contributed by atoms with Crippen LogP contribution in [0, 0.1) is 29.6 Å². The zero-order valence-electron chi connectivity index (χ0n) is 16.5. The highest BCUT2D eigenvalue weighted by Gasteiger charge is 2.21. The Balaban J connectivity index is 1.85. The standard InChI is InChI=1S/C21H20N6O2S/c1-16-18(9-14-29-16)20-24-25-21(27(20)17-7-3-2-4-8-17)30-15-19(28)26(12-5-10-22)13-6-11-23/h2-4,7-9,14H,5-6,12-13,15H2,1H3. The molecular formula is C21H20N6O2S. The number of aryl methyl sites for hydroxylation is 1. The predicted molar refractivity (Wildman–Crippen MR) is 112 cm³/mol. The number of nitrogens with zero attached hydrogens (tertiary/aromatic N) is 6. The molecule has 3 aromatic rings. The first kappa shape index (κ1) is 21.2. The number of rotatable bonds is 9. The molecule has 1 aromatic carbocycles. The van der Waals surface area contributed by atoms with Gasteiger partial charge in [-0.2, -0.15) is 10.5 Å². The molecule has 3 rings (SSSR count). The second kappa shape index (κ2) is 10.3. The second-order valence-corrected chi connectivity index (χ2v) is 7.30. The van der Waals surface area contributed by atoms with Gasteiger partial charge in [0, 0.05) is 18.8 Å². The number of thioether (sulfide) groups is 1. The molecule has 0 aliphatic rings. The highest BCUT2D eigenvalue weighted by Crippen LogP contribution is 2.30. The Morgan fingerprint density at radius 3 is 2.43 bits per heavy atom. The molecule has 0 aliphatic carbocycles. The molecule has 0 radical (unpaired) electrons. The van der Waals surface area contributed by atoms with Crippen molar-refractivity contribution in [3.63, 3.8) is 0 Å². The number of furan rings is 1. The monoisotopic (exact) mass is 420 g/mol. The van der Waals surface area contributed by atoms with Gasteiger partial charge in [-0.15, -0.1) is 10.2 Å². The van der Waals surface area contributed by atoms with E-state index in [1.54, 1.807) is 11.2 Å². The molecule has 0 N–H and O–H groups in total. The van der Waals surface area contributed by atoms with Gasteiger partial charge in [-0.3, -0.25) is 9.36 Å². The normalized spacial score (nSPS) is 10.4. The van der Waals surface area contributed by atoms with E-state index in [1.807, 2.05) is 60.0 Å². The van der Waals surface area contributed by atoms with Gasteiger partial charge in [-0.1, -0.05) is 30.0 Å². The summed E-state index contributed by atoms with van der Waals surface area (Å²) < 4.78 is 7.32. The molecule has 0 atom stereocenters. The second-order valence-electron chi connectivity index (χ2n) is 6.35. The largest absolute Gasteiger partial charge is 0.469 e. The number of hydrogen-bond acceptors (Lipinski definition) is 7. The Labute approximate surface area is 178 Å². The Bertz CT molecular complexity index is 1060. The van der Waals surface area contributed by atoms with Gasteiger partial charge in [0.1, 0.15) is 5.76 Å². The van der Waals surface area contributed by atoms with Gasteiger partial charge >= 0.3 is 0 Å². The Morgan fingerprint density at radius 2 is 1.83 bits per heavy atom.